The summed E-state index contributed by atoms with van der Waals surface area (Å²) in [6.07, 6.45) is 0. The van der Waals surface area contributed by atoms with Crippen molar-refractivity contribution in [2.45, 2.75) is 0 Å². The lowest BCUT2D eigenvalue weighted by Gasteiger charge is -2.05. The van der Waals surface area contributed by atoms with Crippen LogP contribution in [0.1, 0.15) is 20.8 Å². The van der Waals surface area contributed by atoms with Crippen molar-refractivity contribution in [1.29, 1.82) is 0 Å². The summed E-state index contributed by atoms with van der Waals surface area (Å²) in [4.78, 5) is 23.7. The van der Waals surface area contributed by atoms with E-state index in [0.717, 1.165) is 5.46 Å². The van der Waals surface area contributed by atoms with Gasteiger partial charge in [0.2, 0.25) is 5.88 Å². The van der Waals surface area contributed by atoms with Crippen LogP contribution in [0.4, 0.5) is 0 Å². The molecule has 7 nitrogen and oxygen atoms in total. The predicted molar refractivity (Wildman–Crippen MR) is 72.6 cm³/mol. The molecule has 0 unspecified atom stereocenters. The number of methoxy groups -OCH3 is 3. The number of rotatable bonds is 3. The van der Waals surface area contributed by atoms with Crippen LogP contribution in [-0.4, -0.2) is 50.7 Å². The second kappa shape index (κ2) is 5.24. The number of carbonyl (C=O) groups excluding carboxylic acids is 2. The number of pyridine rings is 1. The molecule has 0 radical (unpaired) electrons. The van der Waals surface area contributed by atoms with E-state index in [0.29, 0.717) is 11.4 Å². The highest BCUT2D eigenvalue weighted by atomic mass is 16.5. The van der Waals surface area contributed by atoms with Crippen LogP contribution in [0.2, 0.25) is 0 Å². The van der Waals surface area contributed by atoms with Crippen LogP contribution < -0.4 is 10.2 Å². The van der Waals surface area contributed by atoms with Crippen LogP contribution in [0.5, 0.6) is 5.88 Å². The van der Waals surface area contributed by atoms with Crippen LogP contribution in [-0.2, 0) is 9.47 Å². The Hall–Kier alpha value is -2.51. The summed E-state index contributed by atoms with van der Waals surface area (Å²) in [7, 11) is 5.77. The van der Waals surface area contributed by atoms with E-state index in [-0.39, 0.29) is 11.3 Å². The Kier molecular flexibility index (Phi) is 3.65. The van der Waals surface area contributed by atoms with E-state index in [4.69, 9.17) is 9.47 Å². The number of hydrogen-bond acceptors (Lipinski definition) is 6. The Morgan fingerprint density at radius 2 is 1.80 bits per heavy atom. The number of fused-ring (bicyclic) bond motifs is 1. The summed E-state index contributed by atoms with van der Waals surface area (Å²) in [6, 6.07) is 3.45. The van der Waals surface area contributed by atoms with Crippen LogP contribution in [0, 0.1) is 0 Å². The van der Waals surface area contributed by atoms with Crippen molar-refractivity contribution < 1.29 is 23.8 Å². The quantitative estimate of drug-likeness (QED) is 0.538. The monoisotopic (exact) mass is 276 g/mol. The molecule has 0 saturated heterocycles. The molecule has 2 heterocycles. The van der Waals surface area contributed by atoms with E-state index in [9.17, 15) is 9.59 Å². The van der Waals surface area contributed by atoms with E-state index in [1.165, 1.54) is 25.8 Å². The molecule has 2 aromatic heterocycles. The van der Waals surface area contributed by atoms with Gasteiger partial charge in [0.05, 0.1) is 26.8 Å². The minimum absolute atomic E-state index is 0.0568. The highest BCUT2D eigenvalue weighted by Crippen LogP contribution is 2.21. The lowest BCUT2D eigenvalue weighted by Crippen LogP contribution is -2.11. The van der Waals surface area contributed by atoms with Gasteiger partial charge >= 0.3 is 11.9 Å². The van der Waals surface area contributed by atoms with Gasteiger partial charge in [-0.05, 0) is 12.1 Å². The summed E-state index contributed by atoms with van der Waals surface area (Å²) in [5.41, 5.74) is 1.23. The fourth-order valence-electron chi connectivity index (χ4n) is 1.93. The van der Waals surface area contributed by atoms with Crippen molar-refractivity contribution in [3.63, 3.8) is 0 Å². The van der Waals surface area contributed by atoms with Crippen molar-refractivity contribution in [2.24, 2.45) is 0 Å². The first-order valence-corrected chi connectivity index (χ1v) is 5.77. The molecule has 20 heavy (non-hydrogen) atoms. The van der Waals surface area contributed by atoms with Gasteiger partial charge < -0.3 is 14.2 Å². The number of nitrogens with zero attached hydrogens (tertiary/aromatic N) is 2. The molecule has 2 rings (SSSR count). The van der Waals surface area contributed by atoms with Crippen molar-refractivity contribution in [3.05, 3.63) is 23.4 Å². The third-order valence-corrected chi connectivity index (χ3v) is 2.82. The largest absolute Gasteiger partial charge is 0.481 e. The average Bonchev–Trinajstić information content (AvgIpc) is 2.83. The van der Waals surface area contributed by atoms with Gasteiger partial charge in [0.1, 0.15) is 13.4 Å². The smallest absolute Gasteiger partial charge is 0.359 e. The maximum Gasteiger partial charge on any atom is 0.359 e. The highest BCUT2D eigenvalue weighted by molar-refractivity contribution is 6.33. The summed E-state index contributed by atoms with van der Waals surface area (Å²) >= 11 is 0. The second-order valence-corrected chi connectivity index (χ2v) is 4.08. The maximum absolute atomic E-state index is 11.9. The fraction of sp³-hybridized carbons (Fsp3) is 0.250. The standard InChI is InChI=1S/C12H13BN2O5/c1-18-8-5-6(13)4-7-9(11(16)19-2)10(12(17)20-3)14-15(7)8/h4-5H,13H2,1-3H3. The van der Waals surface area contributed by atoms with E-state index in [2.05, 4.69) is 9.84 Å². The normalized spacial score (nSPS) is 10.3. The van der Waals surface area contributed by atoms with Gasteiger partial charge in [-0.3, -0.25) is 0 Å². The van der Waals surface area contributed by atoms with Crippen molar-refractivity contribution in [3.8, 4) is 5.88 Å². The zero-order chi connectivity index (χ0) is 14.9. The number of aromatic nitrogens is 2. The third-order valence-electron chi connectivity index (χ3n) is 2.82. The van der Waals surface area contributed by atoms with Crippen LogP contribution in [0.25, 0.3) is 5.52 Å². The van der Waals surface area contributed by atoms with Gasteiger partial charge in [-0.15, -0.1) is 0 Å². The highest BCUT2D eigenvalue weighted by Gasteiger charge is 2.27. The van der Waals surface area contributed by atoms with Crippen LogP contribution in [0.3, 0.4) is 0 Å². The van der Waals surface area contributed by atoms with Gasteiger partial charge in [0, 0.05) is 0 Å². The first-order chi connectivity index (χ1) is 9.53. The minimum Gasteiger partial charge on any atom is -0.481 e. The van der Waals surface area contributed by atoms with E-state index in [1.807, 2.05) is 7.85 Å². The molecule has 8 heteroatoms. The Labute approximate surface area is 115 Å². The zero-order valence-corrected chi connectivity index (χ0v) is 11.6. The number of esters is 2. The van der Waals surface area contributed by atoms with E-state index < -0.39 is 11.9 Å². The Morgan fingerprint density at radius 1 is 1.15 bits per heavy atom. The average molecular weight is 276 g/mol. The topological polar surface area (TPSA) is 79.1 Å². The molecule has 0 saturated carbocycles. The fourth-order valence-corrected chi connectivity index (χ4v) is 1.93. The molecule has 0 amide bonds. The van der Waals surface area contributed by atoms with Crippen molar-refractivity contribution >= 4 is 30.8 Å². The van der Waals surface area contributed by atoms with Crippen LogP contribution in [0.15, 0.2) is 12.1 Å². The van der Waals surface area contributed by atoms with Gasteiger partial charge in [0.15, 0.2) is 5.69 Å². The summed E-state index contributed by atoms with van der Waals surface area (Å²) in [5.74, 6) is -0.970. The predicted octanol–water partition coefficient (Wildman–Crippen LogP) is -0.826. The molecule has 104 valence electrons. The lowest BCUT2D eigenvalue weighted by atomic mass is 9.96. The summed E-state index contributed by atoms with van der Waals surface area (Å²) in [6.45, 7) is 0. The van der Waals surface area contributed by atoms with E-state index >= 15 is 0 Å². The molecule has 2 aromatic rings. The van der Waals surface area contributed by atoms with Gasteiger partial charge in [-0.2, -0.15) is 9.61 Å². The summed E-state index contributed by atoms with van der Waals surface area (Å²) < 4.78 is 15.9. The third kappa shape index (κ3) is 2.09. The van der Waals surface area contributed by atoms with E-state index in [1.54, 1.807) is 12.1 Å². The first kappa shape index (κ1) is 13.9. The van der Waals surface area contributed by atoms with Gasteiger partial charge in [-0.1, -0.05) is 5.46 Å². The molecule has 0 aliphatic carbocycles. The summed E-state index contributed by atoms with van der Waals surface area (Å²) in [5, 5.41) is 4.08. The Balaban J connectivity index is 2.86. The van der Waals surface area contributed by atoms with Gasteiger partial charge in [0.25, 0.3) is 0 Å². The van der Waals surface area contributed by atoms with Crippen molar-refractivity contribution in [2.75, 3.05) is 21.3 Å². The Bertz CT molecular complexity index is 695. The zero-order valence-electron chi connectivity index (χ0n) is 11.6. The number of carbonyl (C=O) groups is 2. The molecular weight excluding hydrogens is 263 g/mol. The molecule has 0 atom stereocenters. The lowest BCUT2D eigenvalue weighted by molar-refractivity contribution is 0.0553. The second-order valence-electron chi connectivity index (χ2n) is 4.08. The molecule has 0 N–H and O–H groups in total. The first-order valence-electron chi connectivity index (χ1n) is 5.77. The molecule has 0 fully saturated rings. The maximum atomic E-state index is 11.9. The minimum atomic E-state index is -0.714. The van der Waals surface area contributed by atoms with Crippen LogP contribution >= 0.6 is 0 Å². The number of hydrogen-bond donors (Lipinski definition) is 0. The molecule has 0 bridgehead atoms. The van der Waals surface area contributed by atoms with Crippen molar-refractivity contribution in [1.82, 2.24) is 9.61 Å². The van der Waals surface area contributed by atoms with Gasteiger partial charge in [-0.25, -0.2) is 9.59 Å². The molecule has 0 aromatic carbocycles. The molecule has 0 aliphatic heterocycles. The SMILES string of the molecule is Bc1cc(OC)n2nc(C(=O)OC)c(C(=O)OC)c2c1. The molecule has 0 aliphatic rings. The Morgan fingerprint density at radius 3 is 2.35 bits per heavy atom. The number of ether oxygens (including phenoxy) is 3. The molecule has 0 spiro atoms. The molecular formula is C12H13BN2O5.